The molecule has 0 spiro atoms. The number of alkyl halides is 1. The van der Waals surface area contributed by atoms with Gasteiger partial charge in [0.05, 0.1) is 18.2 Å². The van der Waals surface area contributed by atoms with Crippen LogP contribution in [-0.4, -0.2) is 12.6 Å². The van der Waals surface area contributed by atoms with Crippen LogP contribution in [0.15, 0.2) is 54.6 Å². The molecule has 2 unspecified atom stereocenters. The van der Waals surface area contributed by atoms with E-state index in [-0.39, 0.29) is 5.01 Å². The maximum atomic E-state index is 8.90. The Morgan fingerprint density at radius 3 is 2.46 bits per heavy atom. The highest BCUT2D eigenvalue weighted by Crippen LogP contribution is 2.37. The van der Waals surface area contributed by atoms with E-state index in [1.165, 1.54) is 0 Å². The van der Waals surface area contributed by atoms with E-state index in [0.29, 0.717) is 24.3 Å². The quantitative estimate of drug-likeness (QED) is 0.540. The minimum absolute atomic E-state index is 0.338. The van der Waals surface area contributed by atoms with E-state index < -0.39 is 5.97 Å². The number of halogens is 1. The molecule has 1 fully saturated rings. The minimum Gasteiger partial charge on any atom is -0.439 e. The van der Waals surface area contributed by atoms with Crippen LogP contribution in [0, 0.1) is 11.3 Å². The number of rotatable bonds is 5. The van der Waals surface area contributed by atoms with Crippen LogP contribution in [0.4, 0.5) is 0 Å². The molecule has 0 aromatic heterocycles. The zero-order chi connectivity index (χ0) is 16.8. The van der Waals surface area contributed by atoms with Gasteiger partial charge in [-0.15, -0.1) is 0 Å². The third-order valence-corrected chi connectivity index (χ3v) is 4.52. The summed E-state index contributed by atoms with van der Waals surface area (Å²) in [5.41, 5.74) is 1.58. The fraction of sp³-hybridized carbons (Fsp3) is 0.316. The average Bonchev–Trinajstić information content (AvgIpc) is 2.64. The van der Waals surface area contributed by atoms with Crippen molar-refractivity contribution >= 4 is 15.9 Å². The van der Waals surface area contributed by atoms with E-state index in [9.17, 15) is 0 Å². The Morgan fingerprint density at radius 1 is 1.08 bits per heavy atom. The van der Waals surface area contributed by atoms with Crippen LogP contribution in [0.3, 0.4) is 0 Å². The van der Waals surface area contributed by atoms with Crippen molar-refractivity contribution in [3.8, 4) is 11.8 Å². The van der Waals surface area contributed by atoms with Crippen LogP contribution in [-0.2, 0) is 9.47 Å². The molecule has 1 aliphatic rings. The van der Waals surface area contributed by atoms with Crippen molar-refractivity contribution in [2.75, 3.05) is 6.61 Å². The monoisotopic (exact) mass is 387 g/mol. The van der Waals surface area contributed by atoms with Crippen LogP contribution in [0.25, 0.3) is 0 Å². The van der Waals surface area contributed by atoms with Gasteiger partial charge in [0, 0.05) is 6.42 Å². The molecular formula is C19H18BrNO3. The van der Waals surface area contributed by atoms with E-state index in [4.69, 9.17) is 19.5 Å². The lowest BCUT2D eigenvalue weighted by molar-refractivity contribution is -0.362. The standard InChI is InChI=1S/C19H18BrNO3/c20-18(16-6-2-1-3-7-16)24-19(12-4-5-13-22-19)23-17-10-8-15(14-21)9-11-17/h1-3,6-11,18H,4-5,12-13H2. The van der Waals surface area contributed by atoms with Crippen molar-refractivity contribution in [3.63, 3.8) is 0 Å². The van der Waals surface area contributed by atoms with Gasteiger partial charge in [-0.3, -0.25) is 4.74 Å². The smallest absolute Gasteiger partial charge is 0.328 e. The molecule has 124 valence electrons. The summed E-state index contributed by atoms with van der Waals surface area (Å²) in [6.45, 7) is 0.588. The molecule has 0 bridgehead atoms. The van der Waals surface area contributed by atoms with Gasteiger partial charge >= 0.3 is 5.97 Å². The van der Waals surface area contributed by atoms with Gasteiger partial charge in [-0.25, -0.2) is 0 Å². The number of ether oxygens (including phenoxy) is 3. The molecule has 2 atom stereocenters. The Morgan fingerprint density at radius 2 is 1.83 bits per heavy atom. The van der Waals surface area contributed by atoms with Crippen molar-refractivity contribution in [1.29, 1.82) is 5.26 Å². The van der Waals surface area contributed by atoms with Crippen LogP contribution in [0.2, 0.25) is 0 Å². The highest BCUT2D eigenvalue weighted by Gasteiger charge is 2.39. The SMILES string of the molecule is N#Cc1ccc(OC2(OC(Br)c3ccccc3)CCCCO2)cc1. The lowest BCUT2D eigenvalue weighted by Gasteiger charge is -2.37. The van der Waals surface area contributed by atoms with Gasteiger partial charge in [0.15, 0.2) is 0 Å². The van der Waals surface area contributed by atoms with Gasteiger partial charge in [0.2, 0.25) is 0 Å². The Bertz CT molecular complexity index is 691. The second-order valence-electron chi connectivity index (χ2n) is 5.57. The van der Waals surface area contributed by atoms with Crippen LogP contribution >= 0.6 is 15.9 Å². The lowest BCUT2D eigenvalue weighted by Crippen LogP contribution is -2.45. The van der Waals surface area contributed by atoms with Crippen LogP contribution in [0.1, 0.15) is 35.4 Å². The molecule has 2 aromatic rings. The number of nitrogens with zero attached hydrogens (tertiary/aromatic N) is 1. The normalized spacial score (nSPS) is 21.7. The lowest BCUT2D eigenvalue weighted by atomic mass is 10.1. The molecule has 5 heteroatoms. The number of hydrogen-bond acceptors (Lipinski definition) is 4. The Hall–Kier alpha value is -1.87. The maximum Gasteiger partial charge on any atom is 0.328 e. The van der Waals surface area contributed by atoms with Crippen molar-refractivity contribution in [1.82, 2.24) is 0 Å². The molecule has 0 aliphatic carbocycles. The molecule has 4 nitrogen and oxygen atoms in total. The third kappa shape index (κ3) is 4.15. The molecule has 1 heterocycles. The second kappa shape index (κ2) is 7.80. The predicted octanol–water partition coefficient (Wildman–Crippen LogP) is 4.90. The zero-order valence-electron chi connectivity index (χ0n) is 13.2. The summed E-state index contributed by atoms with van der Waals surface area (Å²) < 4.78 is 18.1. The molecule has 1 aliphatic heterocycles. The summed E-state index contributed by atoms with van der Waals surface area (Å²) in [6, 6.07) is 18.9. The molecule has 2 aromatic carbocycles. The summed E-state index contributed by atoms with van der Waals surface area (Å²) in [4.78, 5) is 0. The van der Waals surface area contributed by atoms with E-state index in [1.807, 2.05) is 30.3 Å². The van der Waals surface area contributed by atoms with E-state index in [1.54, 1.807) is 24.3 Å². The summed E-state index contributed by atoms with van der Waals surface area (Å²) in [7, 11) is 0. The summed E-state index contributed by atoms with van der Waals surface area (Å²) in [6.07, 6.45) is 2.59. The molecule has 1 saturated heterocycles. The maximum absolute atomic E-state index is 8.90. The topological polar surface area (TPSA) is 51.5 Å². The number of benzene rings is 2. The first-order chi connectivity index (χ1) is 11.7. The van der Waals surface area contributed by atoms with Gasteiger partial charge in [0.25, 0.3) is 0 Å². The van der Waals surface area contributed by atoms with Crippen LogP contribution in [0.5, 0.6) is 5.75 Å². The number of nitriles is 1. The molecule has 0 N–H and O–H groups in total. The summed E-state index contributed by atoms with van der Waals surface area (Å²) >= 11 is 3.57. The highest BCUT2D eigenvalue weighted by molar-refractivity contribution is 9.09. The molecular weight excluding hydrogens is 370 g/mol. The zero-order valence-corrected chi connectivity index (χ0v) is 14.7. The molecule has 0 saturated carbocycles. The Labute approximate surface area is 150 Å². The fourth-order valence-corrected chi connectivity index (χ4v) is 3.14. The minimum atomic E-state index is -1.13. The Kier molecular flexibility index (Phi) is 5.52. The van der Waals surface area contributed by atoms with Crippen molar-refractivity contribution in [3.05, 3.63) is 65.7 Å². The first kappa shape index (κ1) is 17.0. The van der Waals surface area contributed by atoms with Crippen molar-refractivity contribution in [2.24, 2.45) is 0 Å². The number of hydrogen-bond donors (Lipinski definition) is 0. The largest absolute Gasteiger partial charge is 0.439 e. The Balaban J connectivity index is 1.77. The van der Waals surface area contributed by atoms with E-state index in [0.717, 1.165) is 18.4 Å². The van der Waals surface area contributed by atoms with Gasteiger partial charge in [-0.05, 0) is 42.7 Å². The van der Waals surface area contributed by atoms with Crippen LogP contribution < -0.4 is 4.74 Å². The summed E-state index contributed by atoms with van der Waals surface area (Å²) in [5.74, 6) is -0.514. The highest BCUT2D eigenvalue weighted by atomic mass is 79.9. The fourth-order valence-electron chi connectivity index (χ4n) is 2.55. The molecule has 0 radical (unpaired) electrons. The molecule has 24 heavy (non-hydrogen) atoms. The van der Waals surface area contributed by atoms with Gasteiger partial charge in [-0.1, -0.05) is 46.3 Å². The van der Waals surface area contributed by atoms with E-state index in [2.05, 4.69) is 22.0 Å². The second-order valence-corrected chi connectivity index (χ2v) is 6.40. The van der Waals surface area contributed by atoms with E-state index >= 15 is 0 Å². The first-order valence-electron chi connectivity index (χ1n) is 7.91. The average molecular weight is 388 g/mol. The van der Waals surface area contributed by atoms with Gasteiger partial charge < -0.3 is 9.47 Å². The van der Waals surface area contributed by atoms with Crippen molar-refractivity contribution in [2.45, 2.75) is 30.2 Å². The molecule has 3 rings (SSSR count). The third-order valence-electron chi connectivity index (χ3n) is 3.80. The molecule has 0 amide bonds. The van der Waals surface area contributed by atoms with Gasteiger partial charge in [0.1, 0.15) is 10.8 Å². The predicted molar refractivity (Wildman–Crippen MR) is 93.5 cm³/mol. The van der Waals surface area contributed by atoms with Gasteiger partial charge in [-0.2, -0.15) is 5.26 Å². The summed E-state index contributed by atoms with van der Waals surface area (Å²) in [5, 5.41) is 8.56. The van der Waals surface area contributed by atoms with Crippen molar-refractivity contribution < 1.29 is 14.2 Å². The first-order valence-corrected chi connectivity index (χ1v) is 8.82.